The van der Waals surface area contributed by atoms with Gasteiger partial charge in [-0.15, -0.1) is 0 Å². The standard InChI is InChI=1S/C26H23FN2O4/c1-17(18-6-4-3-5-7-18)28(25(31)19-8-10-20(27)11-9-19)23-16-24(30)29(26(23)32)21-12-14-22(33-2)15-13-21/h3-15,17,23H,16H2,1-2H3. The first-order chi connectivity index (χ1) is 15.9. The molecule has 3 aromatic rings. The molecule has 168 valence electrons. The van der Waals surface area contributed by atoms with E-state index in [0.29, 0.717) is 11.4 Å². The lowest BCUT2D eigenvalue weighted by Gasteiger charge is -2.33. The van der Waals surface area contributed by atoms with Crippen molar-refractivity contribution in [2.45, 2.75) is 25.4 Å². The molecule has 2 atom stereocenters. The SMILES string of the molecule is COc1ccc(N2C(=O)CC(N(C(=O)c3ccc(F)cc3)C(C)c3ccccc3)C2=O)cc1. The number of carbonyl (C=O) groups is 3. The van der Waals surface area contributed by atoms with Crippen molar-refractivity contribution in [3.05, 3.63) is 95.8 Å². The third-order valence-electron chi connectivity index (χ3n) is 5.81. The van der Waals surface area contributed by atoms with E-state index in [2.05, 4.69) is 0 Å². The van der Waals surface area contributed by atoms with Crippen LogP contribution < -0.4 is 9.64 Å². The van der Waals surface area contributed by atoms with Gasteiger partial charge in [0.05, 0.1) is 25.3 Å². The fourth-order valence-corrected chi connectivity index (χ4v) is 4.06. The van der Waals surface area contributed by atoms with Gasteiger partial charge in [0.15, 0.2) is 0 Å². The van der Waals surface area contributed by atoms with E-state index in [1.807, 2.05) is 37.3 Å². The Balaban J connectivity index is 1.71. The van der Waals surface area contributed by atoms with Gasteiger partial charge in [-0.2, -0.15) is 0 Å². The molecule has 1 heterocycles. The van der Waals surface area contributed by atoms with Crippen LogP contribution in [0.25, 0.3) is 0 Å². The highest BCUT2D eigenvalue weighted by Gasteiger charge is 2.46. The predicted molar refractivity (Wildman–Crippen MR) is 121 cm³/mol. The second-order valence-electron chi connectivity index (χ2n) is 7.79. The van der Waals surface area contributed by atoms with Crippen LogP contribution >= 0.6 is 0 Å². The highest BCUT2D eigenvalue weighted by molar-refractivity contribution is 6.23. The summed E-state index contributed by atoms with van der Waals surface area (Å²) in [4.78, 5) is 42.4. The van der Waals surface area contributed by atoms with E-state index in [9.17, 15) is 18.8 Å². The maximum absolute atomic E-state index is 13.5. The maximum atomic E-state index is 13.5. The minimum absolute atomic E-state index is 0.144. The molecule has 0 N–H and O–H groups in total. The minimum atomic E-state index is -0.993. The van der Waals surface area contributed by atoms with Gasteiger partial charge < -0.3 is 9.64 Å². The molecular formula is C26H23FN2O4. The summed E-state index contributed by atoms with van der Waals surface area (Å²) in [6.07, 6.45) is -0.144. The lowest BCUT2D eigenvalue weighted by Crippen LogP contribution is -2.46. The molecule has 1 aliphatic heterocycles. The highest BCUT2D eigenvalue weighted by Crippen LogP contribution is 2.33. The molecule has 1 saturated heterocycles. The van der Waals surface area contributed by atoms with Crippen molar-refractivity contribution in [2.75, 3.05) is 12.0 Å². The Morgan fingerprint density at radius 3 is 2.24 bits per heavy atom. The van der Waals surface area contributed by atoms with Gasteiger partial charge in [-0.25, -0.2) is 9.29 Å². The molecule has 6 nitrogen and oxygen atoms in total. The van der Waals surface area contributed by atoms with E-state index in [4.69, 9.17) is 4.74 Å². The first kappa shape index (κ1) is 22.2. The number of hydrogen-bond acceptors (Lipinski definition) is 4. The van der Waals surface area contributed by atoms with Crippen LogP contribution in [0.1, 0.15) is 35.3 Å². The zero-order valence-electron chi connectivity index (χ0n) is 18.3. The van der Waals surface area contributed by atoms with E-state index in [1.54, 1.807) is 24.3 Å². The van der Waals surface area contributed by atoms with Crippen molar-refractivity contribution in [1.82, 2.24) is 4.90 Å². The molecule has 0 saturated carbocycles. The Morgan fingerprint density at radius 1 is 1.00 bits per heavy atom. The number of hydrogen-bond donors (Lipinski definition) is 0. The normalized spacial score (nSPS) is 16.6. The summed E-state index contributed by atoms with van der Waals surface area (Å²) in [7, 11) is 1.53. The zero-order chi connectivity index (χ0) is 23.5. The van der Waals surface area contributed by atoms with Crippen molar-refractivity contribution in [3.63, 3.8) is 0 Å². The number of imide groups is 1. The Kier molecular flexibility index (Phi) is 6.22. The van der Waals surface area contributed by atoms with Crippen LogP contribution in [0.2, 0.25) is 0 Å². The number of rotatable bonds is 6. The van der Waals surface area contributed by atoms with Crippen LogP contribution in [0.4, 0.5) is 10.1 Å². The fourth-order valence-electron chi connectivity index (χ4n) is 4.06. The number of carbonyl (C=O) groups excluding carboxylic acids is 3. The molecular weight excluding hydrogens is 423 g/mol. The second kappa shape index (κ2) is 9.24. The van der Waals surface area contributed by atoms with Crippen LogP contribution in [0.5, 0.6) is 5.75 Å². The van der Waals surface area contributed by atoms with Gasteiger partial charge in [0.1, 0.15) is 17.6 Å². The van der Waals surface area contributed by atoms with Crippen LogP contribution in [0.15, 0.2) is 78.9 Å². The molecule has 1 fully saturated rings. The molecule has 33 heavy (non-hydrogen) atoms. The molecule has 4 rings (SSSR count). The van der Waals surface area contributed by atoms with E-state index in [0.717, 1.165) is 10.5 Å². The molecule has 0 spiro atoms. The van der Waals surface area contributed by atoms with Crippen molar-refractivity contribution in [1.29, 1.82) is 0 Å². The second-order valence-corrected chi connectivity index (χ2v) is 7.79. The smallest absolute Gasteiger partial charge is 0.257 e. The monoisotopic (exact) mass is 446 g/mol. The number of amides is 3. The Labute approximate surface area is 191 Å². The zero-order valence-corrected chi connectivity index (χ0v) is 18.3. The quantitative estimate of drug-likeness (QED) is 0.528. The molecule has 1 aliphatic rings. The van der Waals surface area contributed by atoms with E-state index in [1.165, 1.54) is 36.3 Å². The summed E-state index contributed by atoms with van der Waals surface area (Å²) in [5.41, 5.74) is 1.47. The Hall–Kier alpha value is -4.00. The van der Waals surface area contributed by atoms with E-state index < -0.39 is 35.6 Å². The maximum Gasteiger partial charge on any atom is 0.257 e. The van der Waals surface area contributed by atoms with Crippen LogP contribution in [0, 0.1) is 5.82 Å². The Bertz CT molecular complexity index is 1160. The lowest BCUT2D eigenvalue weighted by molar-refractivity contribution is -0.122. The molecule has 3 aromatic carbocycles. The van der Waals surface area contributed by atoms with Crippen molar-refractivity contribution in [2.24, 2.45) is 0 Å². The minimum Gasteiger partial charge on any atom is -0.497 e. The van der Waals surface area contributed by atoms with E-state index in [-0.39, 0.29) is 12.0 Å². The summed E-state index contributed by atoms with van der Waals surface area (Å²) in [6, 6.07) is 19.5. The number of halogens is 1. The number of ether oxygens (including phenoxy) is 1. The molecule has 0 aromatic heterocycles. The van der Waals surface area contributed by atoms with Gasteiger partial charge in [-0.1, -0.05) is 30.3 Å². The van der Waals surface area contributed by atoms with Gasteiger partial charge >= 0.3 is 0 Å². The first-order valence-corrected chi connectivity index (χ1v) is 10.5. The van der Waals surface area contributed by atoms with Gasteiger partial charge in [0.2, 0.25) is 5.91 Å². The summed E-state index contributed by atoms with van der Waals surface area (Å²) >= 11 is 0. The van der Waals surface area contributed by atoms with Gasteiger partial charge in [-0.05, 0) is 61.0 Å². The summed E-state index contributed by atoms with van der Waals surface area (Å²) in [5.74, 6) is -1.20. The average molecular weight is 446 g/mol. The number of nitrogens with zero attached hydrogens (tertiary/aromatic N) is 2. The van der Waals surface area contributed by atoms with Gasteiger partial charge in [0, 0.05) is 5.56 Å². The third-order valence-corrected chi connectivity index (χ3v) is 5.81. The lowest BCUT2D eigenvalue weighted by atomic mass is 10.0. The first-order valence-electron chi connectivity index (χ1n) is 10.5. The predicted octanol–water partition coefficient (Wildman–Crippen LogP) is 4.37. The molecule has 0 aliphatic carbocycles. The molecule has 2 unspecified atom stereocenters. The van der Waals surface area contributed by atoms with Crippen LogP contribution in [-0.4, -0.2) is 35.8 Å². The van der Waals surface area contributed by atoms with Crippen molar-refractivity contribution in [3.8, 4) is 5.75 Å². The molecule has 0 radical (unpaired) electrons. The number of anilines is 1. The summed E-state index contributed by atoms with van der Waals surface area (Å²) in [6.45, 7) is 1.81. The van der Waals surface area contributed by atoms with Crippen LogP contribution in [0.3, 0.4) is 0 Å². The third kappa shape index (κ3) is 4.35. The Morgan fingerprint density at radius 2 is 1.64 bits per heavy atom. The largest absolute Gasteiger partial charge is 0.497 e. The van der Waals surface area contributed by atoms with Gasteiger partial charge in [-0.3, -0.25) is 14.4 Å². The molecule has 7 heteroatoms. The highest BCUT2D eigenvalue weighted by atomic mass is 19.1. The van der Waals surface area contributed by atoms with Crippen molar-refractivity contribution >= 4 is 23.4 Å². The van der Waals surface area contributed by atoms with Crippen molar-refractivity contribution < 1.29 is 23.5 Å². The number of benzene rings is 3. The summed E-state index contributed by atoms with van der Waals surface area (Å²) in [5, 5.41) is 0. The molecule has 0 bridgehead atoms. The molecule has 3 amide bonds. The average Bonchev–Trinajstić information content (AvgIpc) is 3.13. The fraction of sp³-hybridized carbons (Fsp3) is 0.192. The summed E-state index contributed by atoms with van der Waals surface area (Å²) < 4.78 is 18.6. The van der Waals surface area contributed by atoms with Crippen LogP contribution in [-0.2, 0) is 9.59 Å². The number of methoxy groups -OCH3 is 1. The van der Waals surface area contributed by atoms with Gasteiger partial charge in [0.25, 0.3) is 11.8 Å². The van der Waals surface area contributed by atoms with E-state index >= 15 is 0 Å². The topological polar surface area (TPSA) is 66.9 Å².